The summed E-state index contributed by atoms with van der Waals surface area (Å²) in [5.74, 6) is 1.04. The van der Waals surface area contributed by atoms with Gasteiger partial charge in [-0.3, -0.25) is 4.68 Å². The molecule has 0 saturated carbocycles. The maximum Gasteiger partial charge on any atom is 0.138 e. The third-order valence-corrected chi connectivity index (χ3v) is 3.15. The maximum absolute atomic E-state index is 5.54. The Morgan fingerprint density at radius 2 is 2.17 bits per heavy atom. The van der Waals surface area contributed by atoms with Gasteiger partial charge in [-0.15, -0.1) is 0 Å². The van der Waals surface area contributed by atoms with Crippen molar-refractivity contribution in [3.05, 3.63) is 12.2 Å². The lowest BCUT2D eigenvalue weighted by Gasteiger charge is -2.25. The third kappa shape index (κ3) is 4.07. The summed E-state index contributed by atoms with van der Waals surface area (Å²) < 4.78 is 7.54. The van der Waals surface area contributed by atoms with Crippen molar-refractivity contribution in [3.63, 3.8) is 0 Å². The molecule has 0 fully saturated rings. The predicted molar refractivity (Wildman–Crippen MR) is 72.6 cm³/mol. The molecule has 0 aromatic carbocycles. The van der Waals surface area contributed by atoms with Crippen LogP contribution in [0, 0.1) is 0 Å². The van der Waals surface area contributed by atoms with Gasteiger partial charge in [0.25, 0.3) is 0 Å². The molecule has 5 nitrogen and oxygen atoms in total. The molecule has 1 N–H and O–H groups in total. The van der Waals surface area contributed by atoms with Gasteiger partial charge in [0.15, 0.2) is 0 Å². The predicted octanol–water partition coefficient (Wildman–Crippen LogP) is 1.63. The zero-order chi connectivity index (χ0) is 13.4. The van der Waals surface area contributed by atoms with E-state index in [-0.39, 0.29) is 6.10 Å². The number of methoxy groups -OCH3 is 1. The summed E-state index contributed by atoms with van der Waals surface area (Å²) in [6.45, 7) is 8.28. The summed E-state index contributed by atoms with van der Waals surface area (Å²) in [6.07, 6.45) is 4.79. The van der Waals surface area contributed by atoms with Gasteiger partial charge in [0.1, 0.15) is 12.2 Å². The maximum atomic E-state index is 5.54. The van der Waals surface area contributed by atoms with Crippen LogP contribution < -0.4 is 5.32 Å². The second-order valence-electron chi connectivity index (χ2n) is 4.45. The molecule has 5 heteroatoms. The summed E-state index contributed by atoms with van der Waals surface area (Å²) >= 11 is 0. The van der Waals surface area contributed by atoms with E-state index in [0.29, 0.717) is 6.04 Å². The average Bonchev–Trinajstić information content (AvgIpc) is 2.79. The van der Waals surface area contributed by atoms with Gasteiger partial charge < -0.3 is 10.1 Å². The lowest BCUT2D eigenvalue weighted by molar-refractivity contribution is 0.0648. The average molecular weight is 254 g/mol. The standard InChI is InChI=1S/C13H26N4O/c1-5-8-17-13(15-10-16-17)9-11(14-7-3)12(6-2)18-4/h10-12,14H,5-9H2,1-4H3. The quantitative estimate of drug-likeness (QED) is 0.728. The van der Waals surface area contributed by atoms with Crippen molar-refractivity contribution in [2.24, 2.45) is 0 Å². The van der Waals surface area contributed by atoms with E-state index < -0.39 is 0 Å². The van der Waals surface area contributed by atoms with Crippen molar-refractivity contribution in [2.45, 2.75) is 58.7 Å². The minimum absolute atomic E-state index is 0.219. The van der Waals surface area contributed by atoms with Gasteiger partial charge in [0.2, 0.25) is 0 Å². The Morgan fingerprint density at radius 3 is 2.72 bits per heavy atom. The Bertz CT molecular complexity index is 323. The molecule has 2 atom stereocenters. The molecule has 1 rings (SSSR count). The van der Waals surface area contributed by atoms with E-state index in [1.807, 2.05) is 4.68 Å². The first-order valence-corrected chi connectivity index (χ1v) is 6.89. The molecule has 1 heterocycles. The molecule has 0 spiro atoms. The molecule has 1 aromatic heterocycles. The summed E-state index contributed by atoms with van der Waals surface area (Å²) in [4.78, 5) is 4.36. The van der Waals surface area contributed by atoms with Crippen molar-refractivity contribution in [1.29, 1.82) is 0 Å². The SMILES string of the molecule is CCCn1ncnc1CC(NCC)C(CC)OC. The van der Waals surface area contributed by atoms with Gasteiger partial charge in [0.05, 0.1) is 6.10 Å². The molecule has 0 aliphatic heterocycles. The number of aromatic nitrogens is 3. The normalized spacial score (nSPS) is 14.7. The largest absolute Gasteiger partial charge is 0.380 e. The Hall–Kier alpha value is -0.940. The van der Waals surface area contributed by atoms with Crippen molar-refractivity contribution in [2.75, 3.05) is 13.7 Å². The second kappa shape index (κ2) is 8.21. The summed E-state index contributed by atoms with van der Waals surface area (Å²) in [5.41, 5.74) is 0. The van der Waals surface area contributed by atoms with E-state index >= 15 is 0 Å². The zero-order valence-electron chi connectivity index (χ0n) is 12.0. The van der Waals surface area contributed by atoms with Crippen LogP contribution in [0.4, 0.5) is 0 Å². The molecular weight excluding hydrogens is 228 g/mol. The molecule has 2 unspecified atom stereocenters. The lowest BCUT2D eigenvalue weighted by Crippen LogP contribution is -2.42. The number of hydrogen-bond donors (Lipinski definition) is 1. The van der Waals surface area contributed by atoms with Crippen LogP contribution in [0.15, 0.2) is 6.33 Å². The van der Waals surface area contributed by atoms with Crippen LogP contribution in [0.5, 0.6) is 0 Å². The van der Waals surface area contributed by atoms with Crippen LogP contribution in [0.2, 0.25) is 0 Å². The highest BCUT2D eigenvalue weighted by Gasteiger charge is 2.21. The smallest absolute Gasteiger partial charge is 0.138 e. The number of rotatable bonds is 9. The molecule has 0 radical (unpaired) electrons. The third-order valence-electron chi connectivity index (χ3n) is 3.15. The number of aryl methyl sites for hydroxylation is 1. The monoisotopic (exact) mass is 254 g/mol. The molecule has 104 valence electrons. The van der Waals surface area contributed by atoms with E-state index in [2.05, 4.69) is 36.2 Å². The number of ether oxygens (including phenoxy) is 1. The van der Waals surface area contributed by atoms with E-state index in [0.717, 1.165) is 38.2 Å². The van der Waals surface area contributed by atoms with Crippen LogP contribution in [-0.2, 0) is 17.7 Å². The Labute approximate surface area is 110 Å². The van der Waals surface area contributed by atoms with Crippen LogP contribution in [-0.4, -0.2) is 40.6 Å². The fourth-order valence-corrected chi connectivity index (χ4v) is 2.25. The Morgan fingerprint density at radius 1 is 1.39 bits per heavy atom. The highest BCUT2D eigenvalue weighted by atomic mass is 16.5. The molecule has 18 heavy (non-hydrogen) atoms. The van der Waals surface area contributed by atoms with Crippen molar-refractivity contribution >= 4 is 0 Å². The zero-order valence-corrected chi connectivity index (χ0v) is 12.0. The van der Waals surface area contributed by atoms with Gasteiger partial charge >= 0.3 is 0 Å². The van der Waals surface area contributed by atoms with Crippen LogP contribution >= 0.6 is 0 Å². The number of likely N-dealkylation sites (N-methyl/N-ethyl adjacent to an activating group) is 1. The van der Waals surface area contributed by atoms with E-state index in [9.17, 15) is 0 Å². The summed E-state index contributed by atoms with van der Waals surface area (Å²) in [7, 11) is 1.77. The first-order valence-electron chi connectivity index (χ1n) is 6.89. The van der Waals surface area contributed by atoms with Gasteiger partial charge in [-0.1, -0.05) is 20.8 Å². The van der Waals surface area contributed by atoms with E-state index in [1.165, 1.54) is 0 Å². The van der Waals surface area contributed by atoms with Gasteiger partial charge in [0, 0.05) is 26.1 Å². The Balaban J connectivity index is 2.72. The lowest BCUT2D eigenvalue weighted by atomic mass is 10.0. The molecule has 0 aliphatic carbocycles. The molecule has 0 bridgehead atoms. The second-order valence-corrected chi connectivity index (χ2v) is 4.45. The fraction of sp³-hybridized carbons (Fsp3) is 0.846. The minimum atomic E-state index is 0.219. The van der Waals surface area contributed by atoms with Gasteiger partial charge in [-0.25, -0.2) is 4.98 Å². The first-order chi connectivity index (χ1) is 8.76. The Kier molecular flexibility index (Phi) is 6.90. The molecule has 0 saturated heterocycles. The van der Waals surface area contributed by atoms with E-state index in [4.69, 9.17) is 4.74 Å². The highest BCUT2D eigenvalue weighted by molar-refractivity contribution is 4.92. The minimum Gasteiger partial charge on any atom is -0.380 e. The number of nitrogens with one attached hydrogen (secondary N) is 1. The fourth-order valence-electron chi connectivity index (χ4n) is 2.25. The van der Waals surface area contributed by atoms with Crippen LogP contribution in [0.25, 0.3) is 0 Å². The molecular formula is C13H26N4O. The first kappa shape index (κ1) is 15.1. The molecule has 1 aromatic rings. The van der Waals surface area contributed by atoms with Gasteiger partial charge in [-0.2, -0.15) is 5.10 Å². The van der Waals surface area contributed by atoms with Crippen LogP contribution in [0.3, 0.4) is 0 Å². The van der Waals surface area contributed by atoms with E-state index in [1.54, 1.807) is 13.4 Å². The van der Waals surface area contributed by atoms with Gasteiger partial charge in [-0.05, 0) is 19.4 Å². The number of nitrogens with zero attached hydrogens (tertiary/aromatic N) is 3. The van der Waals surface area contributed by atoms with Crippen molar-refractivity contribution < 1.29 is 4.74 Å². The van der Waals surface area contributed by atoms with Crippen molar-refractivity contribution in [1.82, 2.24) is 20.1 Å². The summed E-state index contributed by atoms with van der Waals surface area (Å²) in [5, 5.41) is 7.75. The van der Waals surface area contributed by atoms with Crippen molar-refractivity contribution in [3.8, 4) is 0 Å². The van der Waals surface area contributed by atoms with Crippen LogP contribution in [0.1, 0.15) is 39.4 Å². The highest BCUT2D eigenvalue weighted by Crippen LogP contribution is 2.09. The molecule has 0 amide bonds. The topological polar surface area (TPSA) is 52.0 Å². The number of hydrogen-bond acceptors (Lipinski definition) is 4. The molecule has 0 aliphatic rings. The summed E-state index contributed by atoms with van der Waals surface area (Å²) in [6, 6.07) is 0.296.